The van der Waals surface area contributed by atoms with Gasteiger partial charge in [-0.25, -0.2) is 4.79 Å². The van der Waals surface area contributed by atoms with E-state index in [1.165, 1.54) is 11.8 Å². The quantitative estimate of drug-likeness (QED) is 0.848. The van der Waals surface area contributed by atoms with Crippen molar-refractivity contribution >= 4 is 23.8 Å². The zero-order valence-corrected chi connectivity index (χ0v) is 16.0. The number of hydrogen-bond donors (Lipinski definition) is 1. The molecular weight excluding hydrogens is 344 g/mol. The Hall–Kier alpha value is -1.77. The van der Waals surface area contributed by atoms with E-state index in [1.54, 1.807) is 11.8 Å². The monoisotopic (exact) mass is 370 g/mol. The highest BCUT2D eigenvalue weighted by molar-refractivity contribution is 7.99. The number of hydrogen-bond acceptors (Lipinski definition) is 7. The van der Waals surface area contributed by atoms with Gasteiger partial charge in [-0.05, 0) is 33.6 Å². The lowest BCUT2D eigenvalue weighted by molar-refractivity contribution is -0.119. The molecule has 1 aromatic heterocycles. The topological polar surface area (TPSA) is 97.6 Å². The predicted octanol–water partition coefficient (Wildman–Crippen LogP) is 2.13. The van der Waals surface area contributed by atoms with E-state index in [4.69, 9.17) is 9.26 Å². The predicted molar refractivity (Wildman–Crippen MR) is 94.2 cm³/mol. The molecule has 2 heterocycles. The van der Waals surface area contributed by atoms with E-state index in [0.29, 0.717) is 36.3 Å². The van der Waals surface area contributed by atoms with E-state index in [0.717, 1.165) is 12.8 Å². The average Bonchev–Trinajstić information content (AvgIpc) is 2.91. The number of nitrogens with one attached hydrogen (secondary N) is 1. The Morgan fingerprint density at radius 2 is 2.04 bits per heavy atom. The fraction of sp³-hybridized carbons (Fsp3) is 0.750. The van der Waals surface area contributed by atoms with E-state index in [9.17, 15) is 9.59 Å². The molecule has 0 unspecified atom stereocenters. The van der Waals surface area contributed by atoms with Crippen LogP contribution in [0.15, 0.2) is 4.52 Å². The number of thioether (sulfide) groups is 1. The zero-order valence-electron chi connectivity index (χ0n) is 15.2. The maximum atomic E-state index is 12.0. The number of nitrogens with zero attached hydrogens (tertiary/aromatic N) is 3. The Labute approximate surface area is 152 Å². The number of amides is 2. The standard InChI is InChI=1S/C16H26N4O4S/c1-11-17-13(19-24-11)9-25-10-14(21)18-12-5-7-20(8-6-12)15(22)23-16(2,3)4/h12H,5-10H2,1-4H3,(H,18,21). The molecule has 0 atom stereocenters. The molecule has 1 saturated heterocycles. The Kier molecular flexibility index (Phi) is 6.69. The first-order valence-corrected chi connectivity index (χ1v) is 9.52. The third kappa shape index (κ3) is 6.93. The summed E-state index contributed by atoms with van der Waals surface area (Å²) in [7, 11) is 0. The minimum Gasteiger partial charge on any atom is -0.444 e. The Morgan fingerprint density at radius 3 is 2.60 bits per heavy atom. The van der Waals surface area contributed by atoms with Crippen molar-refractivity contribution in [1.29, 1.82) is 0 Å². The second-order valence-electron chi connectivity index (χ2n) is 7.03. The van der Waals surface area contributed by atoms with Crippen LogP contribution in [0.25, 0.3) is 0 Å². The van der Waals surface area contributed by atoms with Crippen LogP contribution < -0.4 is 5.32 Å². The lowest BCUT2D eigenvalue weighted by Gasteiger charge is -2.33. The fourth-order valence-electron chi connectivity index (χ4n) is 2.44. The molecule has 0 saturated carbocycles. The van der Waals surface area contributed by atoms with Crippen LogP contribution in [-0.4, -0.2) is 57.5 Å². The molecule has 0 bridgehead atoms. The summed E-state index contributed by atoms with van der Waals surface area (Å²) in [5.74, 6) is 2.00. The van der Waals surface area contributed by atoms with Crippen LogP contribution in [0, 0.1) is 6.92 Å². The minimum atomic E-state index is -0.489. The van der Waals surface area contributed by atoms with E-state index in [-0.39, 0.29) is 18.0 Å². The van der Waals surface area contributed by atoms with Crippen LogP contribution >= 0.6 is 11.8 Å². The number of aryl methyl sites for hydroxylation is 1. The molecule has 1 fully saturated rings. The van der Waals surface area contributed by atoms with Gasteiger partial charge in [-0.1, -0.05) is 5.16 Å². The first-order valence-electron chi connectivity index (χ1n) is 8.37. The SMILES string of the molecule is Cc1nc(CSCC(=O)NC2CCN(C(=O)OC(C)(C)C)CC2)no1. The molecule has 0 spiro atoms. The Balaban J connectivity index is 1.64. The van der Waals surface area contributed by atoms with Crippen molar-refractivity contribution in [2.45, 2.75) is 57.9 Å². The molecule has 9 heteroatoms. The van der Waals surface area contributed by atoms with Gasteiger partial charge in [-0.3, -0.25) is 4.79 Å². The second kappa shape index (κ2) is 8.55. The normalized spacial score (nSPS) is 15.9. The summed E-state index contributed by atoms with van der Waals surface area (Å²) in [6, 6.07) is 0.0965. The molecule has 140 valence electrons. The molecule has 1 N–H and O–H groups in total. The van der Waals surface area contributed by atoms with Gasteiger partial charge >= 0.3 is 6.09 Å². The summed E-state index contributed by atoms with van der Waals surface area (Å²) < 4.78 is 10.3. The van der Waals surface area contributed by atoms with Crippen LogP contribution in [0.5, 0.6) is 0 Å². The molecule has 0 aliphatic carbocycles. The van der Waals surface area contributed by atoms with Crippen molar-refractivity contribution in [2.24, 2.45) is 0 Å². The van der Waals surface area contributed by atoms with Crippen LogP contribution in [0.4, 0.5) is 4.79 Å². The molecule has 2 rings (SSSR count). The molecule has 1 aliphatic heterocycles. The summed E-state index contributed by atoms with van der Waals surface area (Å²) in [5.41, 5.74) is -0.489. The van der Waals surface area contributed by atoms with Crippen molar-refractivity contribution in [3.8, 4) is 0 Å². The number of rotatable bonds is 5. The van der Waals surface area contributed by atoms with Crippen LogP contribution in [0.2, 0.25) is 0 Å². The van der Waals surface area contributed by atoms with E-state index < -0.39 is 5.60 Å². The summed E-state index contributed by atoms with van der Waals surface area (Å²) in [6.45, 7) is 8.48. The van der Waals surface area contributed by atoms with Gasteiger partial charge in [-0.2, -0.15) is 4.98 Å². The van der Waals surface area contributed by atoms with E-state index in [1.807, 2.05) is 20.8 Å². The number of aromatic nitrogens is 2. The van der Waals surface area contributed by atoms with Crippen LogP contribution in [0.1, 0.15) is 45.3 Å². The van der Waals surface area contributed by atoms with Gasteiger partial charge in [-0.15, -0.1) is 11.8 Å². The summed E-state index contributed by atoms with van der Waals surface area (Å²) in [6.07, 6.45) is 1.18. The van der Waals surface area contributed by atoms with Crippen molar-refractivity contribution in [3.05, 3.63) is 11.7 Å². The van der Waals surface area contributed by atoms with Gasteiger partial charge in [0.25, 0.3) is 0 Å². The number of ether oxygens (including phenoxy) is 1. The fourth-order valence-corrected chi connectivity index (χ4v) is 3.11. The Bertz CT molecular complexity index is 591. The molecule has 2 amide bonds. The van der Waals surface area contributed by atoms with Gasteiger partial charge in [0.05, 0.1) is 11.5 Å². The molecule has 0 radical (unpaired) electrons. The zero-order chi connectivity index (χ0) is 18.4. The summed E-state index contributed by atoms with van der Waals surface area (Å²) >= 11 is 1.45. The molecular formula is C16H26N4O4S. The lowest BCUT2D eigenvalue weighted by atomic mass is 10.1. The highest BCUT2D eigenvalue weighted by Gasteiger charge is 2.27. The lowest BCUT2D eigenvalue weighted by Crippen LogP contribution is -2.48. The first kappa shape index (κ1) is 19.6. The van der Waals surface area contributed by atoms with E-state index >= 15 is 0 Å². The second-order valence-corrected chi connectivity index (χ2v) is 8.02. The van der Waals surface area contributed by atoms with Gasteiger partial charge in [0.2, 0.25) is 11.8 Å². The van der Waals surface area contributed by atoms with Gasteiger partial charge < -0.3 is 19.5 Å². The van der Waals surface area contributed by atoms with E-state index in [2.05, 4.69) is 15.5 Å². The van der Waals surface area contributed by atoms with Crippen molar-refractivity contribution in [3.63, 3.8) is 0 Å². The molecule has 25 heavy (non-hydrogen) atoms. The number of carbonyl (C=O) groups is 2. The highest BCUT2D eigenvalue weighted by Crippen LogP contribution is 2.16. The molecule has 8 nitrogen and oxygen atoms in total. The third-order valence-corrected chi connectivity index (χ3v) is 4.47. The summed E-state index contributed by atoms with van der Waals surface area (Å²) in [4.78, 5) is 29.8. The van der Waals surface area contributed by atoms with Crippen LogP contribution in [0.3, 0.4) is 0 Å². The van der Waals surface area contributed by atoms with Gasteiger partial charge in [0.15, 0.2) is 5.82 Å². The third-order valence-electron chi connectivity index (χ3n) is 3.55. The van der Waals surface area contributed by atoms with Crippen molar-refractivity contribution in [2.75, 3.05) is 18.8 Å². The number of carbonyl (C=O) groups excluding carboxylic acids is 2. The maximum absolute atomic E-state index is 12.0. The Morgan fingerprint density at radius 1 is 1.36 bits per heavy atom. The highest BCUT2D eigenvalue weighted by atomic mass is 32.2. The van der Waals surface area contributed by atoms with Gasteiger partial charge in [0, 0.05) is 26.1 Å². The largest absolute Gasteiger partial charge is 0.444 e. The molecule has 1 aromatic rings. The number of likely N-dealkylation sites (tertiary alicyclic amines) is 1. The van der Waals surface area contributed by atoms with Crippen molar-refractivity contribution < 1.29 is 18.8 Å². The minimum absolute atomic E-state index is 0.0130. The van der Waals surface area contributed by atoms with Crippen molar-refractivity contribution in [1.82, 2.24) is 20.4 Å². The smallest absolute Gasteiger partial charge is 0.410 e. The number of piperidine rings is 1. The molecule has 1 aliphatic rings. The maximum Gasteiger partial charge on any atom is 0.410 e. The van der Waals surface area contributed by atoms with Gasteiger partial charge in [0.1, 0.15) is 5.60 Å². The first-order chi connectivity index (χ1) is 11.7. The average molecular weight is 370 g/mol. The summed E-state index contributed by atoms with van der Waals surface area (Å²) in [5, 5.41) is 6.81. The van der Waals surface area contributed by atoms with Crippen LogP contribution in [-0.2, 0) is 15.3 Å². The molecule has 0 aromatic carbocycles.